The van der Waals surface area contributed by atoms with Crippen LogP contribution in [0.1, 0.15) is 15.4 Å². The molecule has 1 aromatic carbocycles. The number of carboxylic acids is 1. The van der Waals surface area contributed by atoms with Crippen LogP contribution in [0.15, 0.2) is 28.6 Å². The Morgan fingerprint density at radius 2 is 2.17 bits per heavy atom. The van der Waals surface area contributed by atoms with Crippen LogP contribution >= 0.6 is 23.1 Å². The number of aryl methyl sites for hydroxylation is 1. The lowest BCUT2D eigenvalue weighted by atomic mass is 10.2. The fourth-order valence-corrected chi connectivity index (χ4v) is 3.43. The summed E-state index contributed by atoms with van der Waals surface area (Å²) in [6.07, 6.45) is 0. The highest BCUT2D eigenvalue weighted by Gasteiger charge is 2.07. The van der Waals surface area contributed by atoms with E-state index in [0.717, 1.165) is 9.35 Å². The van der Waals surface area contributed by atoms with Crippen LogP contribution in [-0.4, -0.2) is 46.0 Å². The molecule has 1 aromatic heterocycles. The van der Waals surface area contributed by atoms with Gasteiger partial charge in [-0.3, -0.25) is 9.59 Å². The van der Waals surface area contributed by atoms with Crippen molar-refractivity contribution in [1.82, 2.24) is 15.5 Å². The summed E-state index contributed by atoms with van der Waals surface area (Å²) in [7, 11) is 0. The van der Waals surface area contributed by atoms with Crippen molar-refractivity contribution in [2.45, 2.75) is 11.3 Å². The Morgan fingerprint density at radius 3 is 2.87 bits per heavy atom. The quantitative estimate of drug-likeness (QED) is 0.492. The van der Waals surface area contributed by atoms with E-state index in [4.69, 9.17) is 5.11 Å². The minimum absolute atomic E-state index is 0.191. The van der Waals surface area contributed by atoms with E-state index < -0.39 is 5.97 Å². The van der Waals surface area contributed by atoms with E-state index in [1.807, 2.05) is 6.92 Å². The summed E-state index contributed by atoms with van der Waals surface area (Å²) in [6.45, 7) is 2.22. The van der Waals surface area contributed by atoms with Crippen molar-refractivity contribution < 1.29 is 14.7 Å². The predicted octanol–water partition coefficient (Wildman–Crippen LogP) is 1.87. The molecule has 2 aromatic rings. The Balaban J connectivity index is 1.78. The van der Waals surface area contributed by atoms with Crippen LogP contribution in [0.2, 0.25) is 0 Å². The van der Waals surface area contributed by atoms with E-state index in [1.54, 1.807) is 36.0 Å². The molecule has 23 heavy (non-hydrogen) atoms. The van der Waals surface area contributed by atoms with Crippen molar-refractivity contribution >= 4 is 40.7 Å². The summed E-state index contributed by atoms with van der Waals surface area (Å²) < 4.78 is 0.886. The van der Waals surface area contributed by atoms with Gasteiger partial charge in [-0.05, 0) is 25.1 Å². The number of aromatic nitrogens is 2. The number of benzene rings is 1. The highest BCUT2D eigenvalue weighted by Crippen LogP contribution is 2.21. The summed E-state index contributed by atoms with van der Waals surface area (Å²) in [5.74, 6) is -0.445. The third-order valence-electron chi connectivity index (χ3n) is 2.69. The van der Waals surface area contributed by atoms with Crippen molar-refractivity contribution in [3.05, 3.63) is 34.8 Å². The molecule has 0 radical (unpaired) electrons. The van der Waals surface area contributed by atoms with Gasteiger partial charge in [0.25, 0.3) is 5.91 Å². The number of carbonyl (C=O) groups excluding carboxylic acids is 1. The number of carboxylic acid groups (broad SMARTS) is 1. The van der Waals surface area contributed by atoms with Gasteiger partial charge in [0.2, 0.25) is 0 Å². The first kappa shape index (κ1) is 17.2. The number of hydrogen-bond donors (Lipinski definition) is 3. The smallest absolute Gasteiger partial charge is 0.322 e. The number of rotatable bonds is 8. The first-order valence-corrected chi connectivity index (χ1v) is 8.61. The van der Waals surface area contributed by atoms with E-state index in [1.165, 1.54) is 11.3 Å². The van der Waals surface area contributed by atoms with Gasteiger partial charge in [0, 0.05) is 23.5 Å². The number of anilines is 1. The molecule has 0 aliphatic heterocycles. The second kappa shape index (κ2) is 8.49. The van der Waals surface area contributed by atoms with Crippen molar-refractivity contribution in [2.24, 2.45) is 0 Å². The molecule has 1 amide bonds. The van der Waals surface area contributed by atoms with Gasteiger partial charge in [0.1, 0.15) is 11.6 Å². The van der Waals surface area contributed by atoms with Gasteiger partial charge in [-0.2, -0.15) is 0 Å². The normalized spacial score (nSPS) is 10.3. The molecule has 0 aliphatic carbocycles. The Kier molecular flexibility index (Phi) is 6.36. The average Bonchev–Trinajstić information content (AvgIpc) is 2.95. The van der Waals surface area contributed by atoms with Crippen LogP contribution in [0.25, 0.3) is 0 Å². The Morgan fingerprint density at radius 1 is 1.35 bits per heavy atom. The fraction of sp³-hybridized carbons (Fsp3) is 0.286. The highest BCUT2D eigenvalue weighted by atomic mass is 32.2. The Hall–Kier alpha value is -2.13. The number of hydrogen-bond acceptors (Lipinski definition) is 7. The maximum Gasteiger partial charge on any atom is 0.322 e. The van der Waals surface area contributed by atoms with Gasteiger partial charge >= 0.3 is 5.97 Å². The topological polar surface area (TPSA) is 104 Å². The summed E-state index contributed by atoms with van der Waals surface area (Å²) in [5.41, 5.74) is 1.08. The molecule has 7 nitrogen and oxygen atoms in total. The van der Waals surface area contributed by atoms with Gasteiger partial charge in [-0.1, -0.05) is 29.2 Å². The SMILES string of the molecule is Cc1nnc(SCCNC(=O)c2cccc(NCC(=O)O)c2)s1. The molecular weight excluding hydrogens is 336 g/mol. The molecule has 0 atom stereocenters. The van der Waals surface area contributed by atoms with Crippen molar-refractivity contribution in [1.29, 1.82) is 0 Å². The predicted molar refractivity (Wildman–Crippen MR) is 90.3 cm³/mol. The highest BCUT2D eigenvalue weighted by molar-refractivity contribution is 8.01. The summed E-state index contributed by atoms with van der Waals surface area (Å²) in [6, 6.07) is 6.73. The summed E-state index contributed by atoms with van der Waals surface area (Å²) >= 11 is 3.07. The number of nitrogens with zero attached hydrogens (tertiary/aromatic N) is 2. The molecule has 122 valence electrons. The van der Waals surface area contributed by atoms with Gasteiger partial charge in [-0.15, -0.1) is 10.2 Å². The molecule has 2 rings (SSSR count). The van der Waals surface area contributed by atoms with Crippen LogP contribution in [0.5, 0.6) is 0 Å². The largest absolute Gasteiger partial charge is 0.480 e. The molecule has 1 heterocycles. The summed E-state index contributed by atoms with van der Waals surface area (Å²) in [4.78, 5) is 22.6. The van der Waals surface area contributed by atoms with E-state index in [0.29, 0.717) is 23.5 Å². The molecule has 9 heteroatoms. The fourth-order valence-electron chi connectivity index (χ4n) is 1.69. The Bertz CT molecular complexity index is 690. The van der Waals surface area contributed by atoms with E-state index in [-0.39, 0.29) is 12.5 Å². The number of amides is 1. The van der Waals surface area contributed by atoms with E-state index in [2.05, 4.69) is 20.8 Å². The van der Waals surface area contributed by atoms with Gasteiger partial charge in [0.05, 0.1) is 0 Å². The molecule has 0 saturated carbocycles. The van der Waals surface area contributed by atoms with E-state index in [9.17, 15) is 9.59 Å². The molecular formula is C14H16N4O3S2. The average molecular weight is 352 g/mol. The number of aliphatic carboxylic acids is 1. The molecule has 0 saturated heterocycles. The standard InChI is InChI=1S/C14H16N4O3S2/c1-9-17-18-14(23-9)22-6-5-15-13(21)10-3-2-4-11(7-10)16-8-12(19)20/h2-4,7,16H,5-6,8H2,1H3,(H,15,21)(H,19,20). The second-order valence-corrected chi connectivity index (χ2v) is 7.04. The maximum absolute atomic E-state index is 12.1. The van der Waals surface area contributed by atoms with E-state index >= 15 is 0 Å². The minimum Gasteiger partial charge on any atom is -0.480 e. The number of carbonyl (C=O) groups is 2. The third-order valence-corrected chi connectivity index (χ3v) is 4.66. The first-order chi connectivity index (χ1) is 11.0. The van der Waals surface area contributed by atoms with Crippen LogP contribution in [0, 0.1) is 6.92 Å². The molecule has 0 spiro atoms. The zero-order valence-electron chi connectivity index (χ0n) is 12.4. The lowest BCUT2D eigenvalue weighted by Gasteiger charge is -2.07. The van der Waals surface area contributed by atoms with Crippen molar-refractivity contribution in [3.8, 4) is 0 Å². The maximum atomic E-state index is 12.1. The lowest BCUT2D eigenvalue weighted by molar-refractivity contribution is -0.134. The lowest BCUT2D eigenvalue weighted by Crippen LogP contribution is -2.25. The summed E-state index contributed by atoms with van der Waals surface area (Å²) in [5, 5.41) is 23.0. The molecule has 3 N–H and O–H groups in total. The monoisotopic (exact) mass is 352 g/mol. The minimum atomic E-state index is -0.955. The second-order valence-electron chi connectivity index (χ2n) is 4.52. The molecule has 0 fully saturated rings. The van der Waals surface area contributed by atoms with Gasteiger partial charge in [-0.25, -0.2) is 0 Å². The molecule has 0 unspecified atom stereocenters. The van der Waals surface area contributed by atoms with Gasteiger partial charge in [0.15, 0.2) is 4.34 Å². The Labute approximate surface area is 141 Å². The van der Waals surface area contributed by atoms with Crippen LogP contribution in [0.3, 0.4) is 0 Å². The zero-order chi connectivity index (χ0) is 16.7. The first-order valence-electron chi connectivity index (χ1n) is 6.81. The van der Waals surface area contributed by atoms with Gasteiger partial charge < -0.3 is 15.7 Å². The van der Waals surface area contributed by atoms with Crippen LogP contribution < -0.4 is 10.6 Å². The number of nitrogens with one attached hydrogen (secondary N) is 2. The van der Waals surface area contributed by atoms with Crippen LogP contribution in [-0.2, 0) is 4.79 Å². The zero-order valence-corrected chi connectivity index (χ0v) is 14.0. The molecule has 0 aliphatic rings. The van der Waals surface area contributed by atoms with Crippen molar-refractivity contribution in [3.63, 3.8) is 0 Å². The van der Waals surface area contributed by atoms with Crippen molar-refractivity contribution in [2.75, 3.05) is 24.2 Å². The van der Waals surface area contributed by atoms with Crippen LogP contribution in [0.4, 0.5) is 5.69 Å². The number of thioether (sulfide) groups is 1. The third kappa shape index (κ3) is 5.87. The molecule has 0 bridgehead atoms.